The number of nitrogens with two attached hydrogens (primary N) is 1. The highest BCUT2D eigenvalue weighted by Crippen LogP contribution is 2.27. The van der Waals surface area contributed by atoms with Gasteiger partial charge in [-0.15, -0.1) is 10.2 Å². The standard InChI is InChI=1S/C11H19N5S/c1-7(5-6-12)8-15-16-9(11(2,3)4)13-14-10(16)17-8/h7H,5-6,12H2,1-4H3. The molecule has 5 nitrogen and oxygen atoms in total. The SMILES string of the molecule is CC(CCN)c1nn2c(C(C)(C)C)nnc2s1. The van der Waals surface area contributed by atoms with Gasteiger partial charge in [0.05, 0.1) is 0 Å². The monoisotopic (exact) mass is 253 g/mol. The van der Waals surface area contributed by atoms with Gasteiger partial charge < -0.3 is 5.73 Å². The van der Waals surface area contributed by atoms with Crippen molar-refractivity contribution in [1.82, 2.24) is 19.8 Å². The van der Waals surface area contributed by atoms with Gasteiger partial charge in [0.25, 0.3) is 0 Å². The summed E-state index contributed by atoms with van der Waals surface area (Å²) in [7, 11) is 0. The Bertz CT molecular complexity index is 507. The van der Waals surface area contributed by atoms with Crippen LogP contribution in [0.1, 0.15) is 50.9 Å². The van der Waals surface area contributed by atoms with Crippen LogP contribution in [0.3, 0.4) is 0 Å². The van der Waals surface area contributed by atoms with Crippen LogP contribution in [0, 0.1) is 0 Å². The third-order valence-electron chi connectivity index (χ3n) is 2.70. The number of hydrogen-bond donors (Lipinski definition) is 1. The fraction of sp³-hybridized carbons (Fsp3) is 0.727. The predicted octanol–water partition coefficient (Wildman–Crippen LogP) is 1.94. The summed E-state index contributed by atoms with van der Waals surface area (Å²) in [5, 5.41) is 14.1. The Morgan fingerprint density at radius 3 is 2.65 bits per heavy atom. The van der Waals surface area contributed by atoms with Crippen molar-refractivity contribution in [1.29, 1.82) is 0 Å². The molecule has 0 bridgehead atoms. The maximum absolute atomic E-state index is 5.58. The first-order valence-corrected chi connectivity index (χ1v) is 6.68. The quantitative estimate of drug-likeness (QED) is 0.907. The Morgan fingerprint density at radius 1 is 1.35 bits per heavy atom. The van der Waals surface area contributed by atoms with Gasteiger partial charge >= 0.3 is 0 Å². The normalized spacial score (nSPS) is 14.4. The van der Waals surface area contributed by atoms with E-state index in [0.717, 1.165) is 22.2 Å². The van der Waals surface area contributed by atoms with E-state index in [2.05, 4.69) is 43.0 Å². The van der Waals surface area contributed by atoms with E-state index in [9.17, 15) is 0 Å². The number of hydrogen-bond acceptors (Lipinski definition) is 5. The molecule has 2 heterocycles. The molecule has 1 unspecified atom stereocenters. The Balaban J connectivity index is 2.42. The largest absolute Gasteiger partial charge is 0.330 e. The molecule has 0 aliphatic rings. The topological polar surface area (TPSA) is 69.1 Å². The molecular weight excluding hydrogens is 234 g/mol. The van der Waals surface area contributed by atoms with Gasteiger partial charge in [-0.2, -0.15) is 9.61 Å². The van der Waals surface area contributed by atoms with Crippen LogP contribution in [0.2, 0.25) is 0 Å². The van der Waals surface area contributed by atoms with E-state index in [1.54, 1.807) is 11.3 Å². The number of fused-ring (bicyclic) bond motifs is 1. The van der Waals surface area contributed by atoms with E-state index in [4.69, 9.17) is 5.73 Å². The van der Waals surface area contributed by atoms with Crippen LogP contribution in [0.4, 0.5) is 0 Å². The van der Waals surface area contributed by atoms with E-state index in [1.165, 1.54) is 0 Å². The summed E-state index contributed by atoms with van der Waals surface area (Å²) in [6, 6.07) is 0. The van der Waals surface area contributed by atoms with Crippen LogP contribution in [0.25, 0.3) is 4.96 Å². The van der Waals surface area contributed by atoms with Crippen molar-refractivity contribution < 1.29 is 0 Å². The second-order valence-corrected chi connectivity index (χ2v) is 6.37. The Morgan fingerprint density at radius 2 is 2.06 bits per heavy atom. The molecule has 94 valence electrons. The second kappa shape index (κ2) is 4.34. The van der Waals surface area contributed by atoms with Crippen molar-refractivity contribution in [3.05, 3.63) is 10.8 Å². The van der Waals surface area contributed by atoms with Gasteiger partial charge in [-0.3, -0.25) is 0 Å². The van der Waals surface area contributed by atoms with Crippen LogP contribution >= 0.6 is 11.3 Å². The summed E-state index contributed by atoms with van der Waals surface area (Å²) in [4.78, 5) is 0.869. The minimum Gasteiger partial charge on any atom is -0.330 e. The lowest BCUT2D eigenvalue weighted by atomic mass is 9.96. The first kappa shape index (κ1) is 12.4. The molecule has 1 atom stereocenters. The molecule has 2 rings (SSSR count). The lowest BCUT2D eigenvalue weighted by Crippen LogP contribution is -2.16. The molecule has 2 aromatic heterocycles. The molecule has 6 heteroatoms. The molecule has 0 aliphatic heterocycles. The Hall–Kier alpha value is -1.01. The van der Waals surface area contributed by atoms with Gasteiger partial charge in [-0.1, -0.05) is 39.0 Å². The molecule has 0 spiro atoms. The van der Waals surface area contributed by atoms with Gasteiger partial charge in [0, 0.05) is 11.3 Å². The summed E-state index contributed by atoms with van der Waals surface area (Å²) in [6.45, 7) is 9.19. The van der Waals surface area contributed by atoms with Crippen LogP contribution in [0.15, 0.2) is 0 Å². The van der Waals surface area contributed by atoms with Gasteiger partial charge in [0.2, 0.25) is 4.96 Å². The minimum absolute atomic E-state index is 0.0398. The molecule has 17 heavy (non-hydrogen) atoms. The maximum atomic E-state index is 5.58. The number of aromatic nitrogens is 4. The van der Waals surface area contributed by atoms with Gasteiger partial charge in [0.1, 0.15) is 5.01 Å². The average molecular weight is 253 g/mol. The van der Waals surface area contributed by atoms with E-state index < -0.39 is 0 Å². The molecule has 0 amide bonds. The fourth-order valence-corrected chi connectivity index (χ4v) is 2.60. The molecule has 0 aliphatic carbocycles. The molecule has 2 N–H and O–H groups in total. The average Bonchev–Trinajstić information content (AvgIpc) is 2.73. The predicted molar refractivity (Wildman–Crippen MR) is 69.4 cm³/mol. The zero-order valence-corrected chi connectivity index (χ0v) is 11.6. The van der Waals surface area contributed by atoms with Crippen molar-refractivity contribution in [2.45, 2.75) is 45.4 Å². The van der Waals surface area contributed by atoms with E-state index in [0.29, 0.717) is 12.5 Å². The van der Waals surface area contributed by atoms with Crippen LogP contribution in [-0.4, -0.2) is 26.4 Å². The molecule has 0 saturated heterocycles. The van der Waals surface area contributed by atoms with Crippen molar-refractivity contribution in [3.63, 3.8) is 0 Å². The summed E-state index contributed by atoms with van der Waals surface area (Å²) >= 11 is 1.60. The molecular formula is C11H19N5S. The minimum atomic E-state index is -0.0398. The lowest BCUT2D eigenvalue weighted by molar-refractivity contribution is 0.524. The lowest BCUT2D eigenvalue weighted by Gasteiger charge is -2.13. The van der Waals surface area contributed by atoms with Gasteiger partial charge in [-0.25, -0.2) is 0 Å². The third kappa shape index (κ3) is 2.32. The second-order valence-electron chi connectivity index (χ2n) is 5.39. The highest BCUT2D eigenvalue weighted by atomic mass is 32.1. The summed E-state index contributed by atoms with van der Waals surface area (Å²) < 4.78 is 1.87. The van der Waals surface area contributed by atoms with E-state index >= 15 is 0 Å². The van der Waals surface area contributed by atoms with E-state index in [-0.39, 0.29) is 5.41 Å². The van der Waals surface area contributed by atoms with Gasteiger partial charge in [-0.05, 0) is 13.0 Å². The molecule has 0 fully saturated rings. The maximum Gasteiger partial charge on any atom is 0.234 e. The van der Waals surface area contributed by atoms with Crippen molar-refractivity contribution in [2.24, 2.45) is 5.73 Å². The molecule has 0 radical (unpaired) electrons. The van der Waals surface area contributed by atoms with Crippen molar-refractivity contribution in [3.8, 4) is 0 Å². The number of nitrogens with zero attached hydrogens (tertiary/aromatic N) is 4. The molecule has 0 saturated carbocycles. The highest BCUT2D eigenvalue weighted by molar-refractivity contribution is 7.16. The Kier molecular flexibility index (Phi) is 3.18. The first-order chi connectivity index (χ1) is 7.93. The van der Waals surface area contributed by atoms with Crippen molar-refractivity contribution >= 4 is 16.3 Å². The van der Waals surface area contributed by atoms with E-state index in [1.807, 2.05) is 4.52 Å². The summed E-state index contributed by atoms with van der Waals surface area (Å²) in [5.41, 5.74) is 5.54. The van der Waals surface area contributed by atoms with Gasteiger partial charge in [0.15, 0.2) is 5.82 Å². The zero-order valence-electron chi connectivity index (χ0n) is 10.8. The first-order valence-electron chi connectivity index (χ1n) is 5.86. The summed E-state index contributed by atoms with van der Waals surface area (Å²) in [6.07, 6.45) is 0.953. The molecule has 2 aromatic rings. The van der Waals surface area contributed by atoms with Crippen LogP contribution in [-0.2, 0) is 5.41 Å². The smallest absolute Gasteiger partial charge is 0.234 e. The zero-order chi connectivity index (χ0) is 12.6. The molecule has 0 aromatic carbocycles. The third-order valence-corrected chi connectivity index (χ3v) is 3.83. The van der Waals surface area contributed by atoms with Crippen LogP contribution < -0.4 is 5.73 Å². The number of rotatable bonds is 3. The fourth-order valence-electron chi connectivity index (χ4n) is 1.67. The van der Waals surface area contributed by atoms with Crippen LogP contribution in [0.5, 0.6) is 0 Å². The van der Waals surface area contributed by atoms with Crippen molar-refractivity contribution in [2.75, 3.05) is 6.54 Å². The Labute approximate surface area is 105 Å². The summed E-state index contributed by atoms with van der Waals surface area (Å²) in [5.74, 6) is 1.30. The highest BCUT2D eigenvalue weighted by Gasteiger charge is 2.24.